The molecule has 7 heteroatoms. The molecule has 1 saturated heterocycles. The van der Waals surface area contributed by atoms with Gasteiger partial charge in [-0.1, -0.05) is 30.3 Å². The fourth-order valence-corrected chi connectivity index (χ4v) is 2.76. The van der Waals surface area contributed by atoms with Crippen molar-refractivity contribution < 1.29 is 4.74 Å². The van der Waals surface area contributed by atoms with Crippen LogP contribution in [0.4, 0.5) is 0 Å². The Hall–Kier alpha value is -0.900. The SMILES string of the molecule is CN=C(NCCOCc1ccccc1)NCC1CN(C)CCN1C.I. The second-order valence-corrected chi connectivity index (χ2v) is 6.31. The molecule has 25 heavy (non-hydrogen) atoms. The van der Waals surface area contributed by atoms with Gasteiger partial charge in [0, 0.05) is 45.8 Å². The summed E-state index contributed by atoms with van der Waals surface area (Å²) in [5.74, 6) is 0.833. The second kappa shape index (κ2) is 12.5. The van der Waals surface area contributed by atoms with Gasteiger partial charge in [0.1, 0.15) is 0 Å². The van der Waals surface area contributed by atoms with Crippen LogP contribution in [0.25, 0.3) is 0 Å². The van der Waals surface area contributed by atoms with Crippen molar-refractivity contribution in [1.82, 2.24) is 20.4 Å². The van der Waals surface area contributed by atoms with E-state index in [1.165, 1.54) is 5.56 Å². The van der Waals surface area contributed by atoms with Gasteiger partial charge in [0.15, 0.2) is 5.96 Å². The van der Waals surface area contributed by atoms with Crippen LogP contribution in [0, 0.1) is 0 Å². The molecule has 0 amide bonds. The Labute approximate surface area is 169 Å². The highest BCUT2D eigenvalue weighted by Gasteiger charge is 2.21. The van der Waals surface area contributed by atoms with E-state index < -0.39 is 0 Å². The molecular formula is C18H32IN5O. The summed E-state index contributed by atoms with van der Waals surface area (Å²) in [6.45, 7) is 6.27. The fraction of sp³-hybridized carbons (Fsp3) is 0.611. The summed E-state index contributed by atoms with van der Waals surface area (Å²) in [6, 6.07) is 10.7. The Balaban J connectivity index is 0.00000312. The summed E-state index contributed by atoms with van der Waals surface area (Å²) in [6.07, 6.45) is 0. The Bertz CT molecular complexity index is 499. The number of hydrogen-bond donors (Lipinski definition) is 2. The Kier molecular flexibility index (Phi) is 11.0. The molecule has 1 heterocycles. The van der Waals surface area contributed by atoms with E-state index in [1.807, 2.05) is 18.2 Å². The number of guanidine groups is 1. The number of nitrogens with one attached hydrogen (secondary N) is 2. The van der Waals surface area contributed by atoms with Gasteiger partial charge in [0.25, 0.3) is 0 Å². The molecule has 0 saturated carbocycles. The zero-order valence-electron chi connectivity index (χ0n) is 15.6. The highest BCUT2D eigenvalue weighted by atomic mass is 127. The second-order valence-electron chi connectivity index (χ2n) is 6.31. The van der Waals surface area contributed by atoms with E-state index in [1.54, 1.807) is 7.05 Å². The lowest BCUT2D eigenvalue weighted by Gasteiger charge is -2.37. The van der Waals surface area contributed by atoms with Crippen molar-refractivity contribution in [3.05, 3.63) is 35.9 Å². The van der Waals surface area contributed by atoms with Crippen LogP contribution in [0.1, 0.15) is 5.56 Å². The highest BCUT2D eigenvalue weighted by molar-refractivity contribution is 14.0. The van der Waals surface area contributed by atoms with Crippen molar-refractivity contribution >= 4 is 29.9 Å². The van der Waals surface area contributed by atoms with Crippen molar-refractivity contribution in [2.75, 3.05) is 60.5 Å². The zero-order chi connectivity index (χ0) is 17.2. The molecule has 1 aromatic carbocycles. The molecule has 0 spiro atoms. The number of halogens is 1. The summed E-state index contributed by atoms with van der Waals surface area (Å²) < 4.78 is 5.68. The Morgan fingerprint density at radius 3 is 2.68 bits per heavy atom. The van der Waals surface area contributed by atoms with Crippen LogP contribution in [0.3, 0.4) is 0 Å². The molecule has 0 radical (unpaired) electrons. The summed E-state index contributed by atoms with van der Waals surface area (Å²) in [7, 11) is 6.17. The minimum Gasteiger partial charge on any atom is -0.375 e. The maximum atomic E-state index is 5.68. The number of likely N-dealkylation sites (N-methyl/N-ethyl adjacent to an activating group) is 2. The van der Waals surface area contributed by atoms with Crippen LogP contribution in [-0.4, -0.2) is 82.3 Å². The molecule has 0 aliphatic carbocycles. The molecular weight excluding hydrogens is 429 g/mol. The number of hydrogen-bond acceptors (Lipinski definition) is 4. The average Bonchev–Trinajstić information content (AvgIpc) is 2.61. The smallest absolute Gasteiger partial charge is 0.191 e. The van der Waals surface area contributed by atoms with Gasteiger partial charge in [-0.25, -0.2) is 0 Å². The topological polar surface area (TPSA) is 52.1 Å². The van der Waals surface area contributed by atoms with Crippen LogP contribution >= 0.6 is 24.0 Å². The van der Waals surface area contributed by atoms with Gasteiger partial charge < -0.3 is 20.3 Å². The predicted molar refractivity (Wildman–Crippen MR) is 115 cm³/mol. The van der Waals surface area contributed by atoms with E-state index >= 15 is 0 Å². The van der Waals surface area contributed by atoms with Crippen molar-refractivity contribution in [3.8, 4) is 0 Å². The zero-order valence-corrected chi connectivity index (χ0v) is 17.9. The lowest BCUT2D eigenvalue weighted by molar-refractivity contribution is 0.116. The maximum absolute atomic E-state index is 5.68. The number of ether oxygens (including phenoxy) is 1. The minimum atomic E-state index is 0. The lowest BCUT2D eigenvalue weighted by Crippen LogP contribution is -2.55. The number of rotatable bonds is 7. The van der Waals surface area contributed by atoms with Crippen LogP contribution in [0.5, 0.6) is 0 Å². The van der Waals surface area contributed by atoms with Crippen molar-refractivity contribution in [3.63, 3.8) is 0 Å². The molecule has 0 aromatic heterocycles. The van der Waals surface area contributed by atoms with E-state index in [2.05, 4.69) is 51.7 Å². The van der Waals surface area contributed by atoms with Gasteiger partial charge >= 0.3 is 0 Å². The summed E-state index contributed by atoms with van der Waals surface area (Å²) >= 11 is 0. The molecule has 0 bridgehead atoms. The first kappa shape index (κ1) is 22.1. The molecule has 1 aromatic rings. The van der Waals surface area contributed by atoms with Gasteiger partial charge in [-0.05, 0) is 19.7 Å². The monoisotopic (exact) mass is 461 g/mol. The lowest BCUT2D eigenvalue weighted by atomic mass is 10.2. The third kappa shape index (κ3) is 8.35. The average molecular weight is 461 g/mol. The van der Waals surface area contributed by atoms with Crippen LogP contribution in [0.2, 0.25) is 0 Å². The van der Waals surface area contributed by atoms with Gasteiger partial charge in [-0.3, -0.25) is 9.89 Å². The predicted octanol–water partition coefficient (Wildman–Crippen LogP) is 1.23. The molecule has 1 aliphatic heterocycles. The van der Waals surface area contributed by atoms with Crippen LogP contribution < -0.4 is 10.6 Å². The van der Waals surface area contributed by atoms with E-state index in [0.29, 0.717) is 19.3 Å². The molecule has 1 aliphatic rings. The molecule has 6 nitrogen and oxygen atoms in total. The first-order valence-corrected chi connectivity index (χ1v) is 8.64. The first-order valence-electron chi connectivity index (χ1n) is 8.64. The molecule has 1 unspecified atom stereocenters. The van der Waals surface area contributed by atoms with Crippen LogP contribution in [0.15, 0.2) is 35.3 Å². The Morgan fingerprint density at radius 2 is 1.96 bits per heavy atom. The standard InChI is InChI=1S/C18H31N5O.HI/c1-19-18(21-13-17-14-22(2)10-11-23(17)3)20-9-12-24-15-16-7-5-4-6-8-16;/h4-8,17H,9-15H2,1-3H3,(H2,19,20,21);1H. The van der Waals surface area contributed by atoms with E-state index in [0.717, 1.165) is 38.7 Å². The number of piperazine rings is 1. The quantitative estimate of drug-likeness (QED) is 0.277. The molecule has 1 atom stereocenters. The Morgan fingerprint density at radius 1 is 1.20 bits per heavy atom. The summed E-state index contributed by atoms with van der Waals surface area (Å²) in [5.41, 5.74) is 1.20. The third-order valence-electron chi connectivity index (χ3n) is 4.36. The fourth-order valence-electron chi connectivity index (χ4n) is 2.76. The van der Waals surface area contributed by atoms with Crippen molar-refractivity contribution in [2.45, 2.75) is 12.6 Å². The van der Waals surface area contributed by atoms with Crippen molar-refractivity contribution in [2.24, 2.45) is 4.99 Å². The minimum absolute atomic E-state index is 0. The largest absolute Gasteiger partial charge is 0.375 e. The van der Waals surface area contributed by atoms with Gasteiger partial charge in [0.05, 0.1) is 13.2 Å². The first-order chi connectivity index (χ1) is 11.7. The van der Waals surface area contributed by atoms with Crippen LogP contribution in [-0.2, 0) is 11.3 Å². The van der Waals surface area contributed by atoms with E-state index in [9.17, 15) is 0 Å². The number of benzene rings is 1. The number of nitrogens with zero attached hydrogens (tertiary/aromatic N) is 3. The van der Waals surface area contributed by atoms with E-state index in [-0.39, 0.29) is 24.0 Å². The van der Waals surface area contributed by atoms with Crippen molar-refractivity contribution in [1.29, 1.82) is 0 Å². The molecule has 2 N–H and O–H groups in total. The molecule has 1 fully saturated rings. The molecule has 142 valence electrons. The maximum Gasteiger partial charge on any atom is 0.191 e. The normalized spacial score (nSPS) is 19.3. The van der Waals surface area contributed by atoms with Gasteiger partial charge in [-0.2, -0.15) is 0 Å². The van der Waals surface area contributed by atoms with E-state index in [4.69, 9.17) is 4.74 Å². The summed E-state index contributed by atoms with van der Waals surface area (Å²) in [4.78, 5) is 9.06. The third-order valence-corrected chi connectivity index (χ3v) is 4.36. The van der Waals surface area contributed by atoms with Gasteiger partial charge in [-0.15, -0.1) is 24.0 Å². The molecule has 2 rings (SSSR count). The highest BCUT2D eigenvalue weighted by Crippen LogP contribution is 2.04. The number of aliphatic imine (C=N–C) groups is 1. The summed E-state index contributed by atoms with van der Waals surface area (Å²) in [5, 5.41) is 6.72. The van der Waals surface area contributed by atoms with Gasteiger partial charge in [0.2, 0.25) is 0 Å².